The van der Waals surface area contributed by atoms with E-state index in [1.54, 1.807) is 0 Å². The van der Waals surface area contributed by atoms with Gasteiger partial charge in [0.05, 0.1) is 40.6 Å². The highest BCUT2D eigenvalue weighted by Crippen LogP contribution is 2.27. The number of hydrogen-bond acceptors (Lipinski definition) is 6. The number of hydrogen-bond donors (Lipinski definition) is 2. The predicted octanol–water partition coefficient (Wildman–Crippen LogP) is 5.47. The summed E-state index contributed by atoms with van der Waals surface area (Å²) in [5, 5.41) is 0. The average Bonchev–Trinajstić information content (AvgIpc) is 3.71. The van der Waals surface area contributed by atoms with E-state index in [4.69, 9.17) is 19.4 Å². The Morgan fingerprint density at radius 2 is 1.16 bits per heavy atom. The summed E-state index contributed by atoms with van der Waals surface area (Å²) >= 11 is 2.27. The van der Waals surface area contributed by atoms with Gasteiger partial charge in [0.2, 0.25) is 0 Å². The van der Waals surface area contributed by atoms with Crippen LogP contribution >= 0.6 is 22.6 Å². The van der Waals surface area contributed by atoms with Crippen LogP contribution < -0.4 is 0 Å². The quantitative estimate of drug-likeness (QED) is 0.196. The van der Waals surface area contributed by atoms with Gasteiger partial charge in [0, 0.05) is 46.0 Å². The Kier molecular flexibility index (Phi) is 7.22. The summed E-state index contributed by atoms with van der Waals surface area (Å²) in [4.78, 5) is 40.5. The molecule has 0 atom stereocenters. The summed E-state index contributed by atoms with van der Waals surface area (Å²) in [5.41, 5.74) is 8.69. The third-order valence-corrected chi connectivity index (χ3v) is 7.45. The number of H-pyrrole nitrogens is 2. The lowest BCUT2D eigenvalue weighted by Crippen LogP contribution is -2.03. The van der Waals surface area contributed by atoms with Crippen molar-refractivity contribution in [2.75, 3.05) is 14.2 Å². The van der Waals surface area contributed by atoms with E-state index in [2.05, 4.69) is 32.6 Å². The molecule has 5 heterocycles. The second-order valence-electron chi connectivity index (χ2n) is 8.65. The maximum absolute atomic E-state index is 11.9. The molecular weight excluding hydrogens is 583 g/mol. The molecule has 0 aliphatic carbocycles. The number of aromatic amines is 2. The van der Waals surface area contributed by atoms with Crippen molar-refractivity contribution in [1.29, 1.82) is 0 Å². The summed E-state index contributed by atoms with van der Waals surface area (Å²) in [6.07, 6.45) is 9.37. The third kappa shape index (κ3) is 5.36. The molecule has 0 aromatic carbocycles. The molecule has 188 valence electrons. The highest BCUT2D eigenvalue weighted by molar-refractivity contribution is 14.1. The molecule has 0 amide bonds. The number of carbonyl (C=O) groups excluding carboxylic acids is 2. The predicted molar refractivity (Wildman–Crippen MR) is 152 cm³/mol. The molecule has 0 fully saturated rings. The van der Waals surface area contributed by atoms with Crippen LogP contribution in [0.1, 0.15) is 46.7 Å². The molecule has 5 rings (SSSR count). The van der Waals surface area contributed by atoms with Gasteiger partial charge < -0.3 is 19.4 Å². The number of esters is 2. The van der Waals surface area contributed by atoms with E-state index in [0.717, 1.165) is 59.5 Å². The van der Waals surface area contributed by atoms with Gasteiger partial charge in [0.1, 0.15) is 0 Å². The monoisotopic (exact) mass is 608 g/mol. The zero-order chi connectivity index (χ0) is 25.9. The van der Waals surface area contributed by atoms with Crippen LogP contribution in [0.4, 0.5) is 0 Å². The van der Waals surface area contributed by atoms with Crippen LogP contribution in [0.2, 0.25) is 0 Å². The van der Waals surface area contributed by atoms with Crippen molar-refractivity contribution in [3.05, 3.63) is 67.8 Å². The number of nitrogens with one attached hydrogen (secondary N) is 2. The van der Waals surface area contributed by atoms with Crippen molar-refractivity contribution < 1.29 is 19.1 Å². The van der Waals surface area contributed by atoms with Gasteiger partial charge in [0.15, 0.2) is 0 Å². The Hall–Kier alpha value is -3.73. The maximum atomic E-state index is 11.9. The zero-order valence-corrected chi connectivity index (χ0v) is 22.6. The number of halogens is 1. The highest BCUT2D eigenvalue weighted by atomic mass is 127. The first-order valence-electron chi connectivity index (χ1n) is 11.9. The first kappa shape index (κ1) is 24.9. The molecule has 3 aromatic heterocycles. The lowest BCUT2D eigenvalue weighted by Gasteiger charge is -2.03. The van der Waals surface area contributed by atoms with Crippen LogP contribution in [-0.2, 0) is 31.9 Å². The molecular formula is C28H25IN4O4. The molecule has 0 unspecified atom stereocenters. The van der Waals surface area contributed by atoms with E-state index in [0.29, 0.717) is 12.8 Å². The topological polar surface area (TPSA) is 110 Å². The molecule has 0 spiro atoms. The fraction of sp³-hybridized carbons (Fsp3) is 0.214. The third-order valence-electron chi connectivity index (χ3n) is 6.34. The van der Waals surface area contributed by atoms with Crippen LogP contribution in [0.5, 0.6) is 0 Å². The van der Waals surface area contributed by atoms with Crippen molar-refractivity contribution in [3.8, 4) is 0 Å². The van der Waals surface area contributed by atoms with E-state index < -0.39 is 0 Å². The molecule has 0 saturated heterocycles. The van der Waals surface area contributed by atoms with E-state index in [-0.39, 0.29) is 24.8 Å². The Bertz CT molecular complexity index is 1500. The average molecular weight is 608 g/mol. The molecule has 0 radical (unpaired) electrons. The Balaban J connectivity index is 1.77. The van der Waals surface area contributed by atoms with Crippen LogP contribution in [0.25, 0.3) is 46.4 Å². The van der Waals surface area contributed by atoms with E-state index in [1.165, 1.54) is 14.2 Å². The second kappa shape index (κ2) is 10.7. The van der Waals surface area contributed by atoms with E-state index in [9.17, 15) is 9.59 Å². The van der Waals surface area contributed by atoms with Gasteiger partial charge in [-0.25, -0.2) is 9.97 Å². The van der Waals surface area contributed by atoms with E-state index in [1.807, 2.05) is 54.6 Å². The lowest BCUT2D eigenvalue weighted by molar-refractivity contribution is -0.141. The summed E-state index contributed by atoms with van der Waals surface area (Å²) in [7, 11) is 2.79. The summed E-state index contributed by atoms with van der Waals surface area (Å²) < 4.78 is 10.6. The number of ether oxygens (including phenoxy) is 2. The van der Waals surface area contributed by atoms with Gasteiger partial charge in [-0.05, 0) is 90.1 Å². The van der Waals surface area contributed by atoms with Crippen molar-refractivity contribution in [2.45, 2.75) is 25.7 Å². The van der Waals surface area contributed by atoms with Gasteiger partial charge in [-0.15, -0.1) is 0 Å². The Morgan fingerprint density at radius 1 is 0.730 bits per heavy atom. The second-order valence-corrected chi connectivity index (χ2v) is 9.73. The molecule has 3 aromatic rings. The first-order chi connectivity index (χ1) is 17.9. The number of aryl methyl sites for hydroxylation is 2. The summed E-state index contributed by atoms with van der Waals surface area (Å²) in [6.45, 7) is 0. The Morgan fingerprint density at radius 3 is 1.59 bits per heavy atom. The minimum absolute atomic E-state index is 0.255. The molecule has 8 nitrogen and oxygen atoms in total. The summed E-state index contributed by atoms with van der Waals surface area (Å²) in [5.74, 6) is -0.532. The molecule has 2 aliphatic rings. The molecule has 0 saturated carbocycles. The molecule has 2 aliphatic heterocycles. The normalized spacial score (nSPS) is 12.1. The standard InChI is InChI=1S/C28H25IN4O4/c1-36-26(34)13-5-18-20-7-3-16(30-20)15-17-4-8-21(31-17)19(6-14-27(35)37-2)23-10-12-25(33-23)28(29)24-11-9-22(18)32-24/h3-4,7-12,15,30-31H,5-6,13-14H2,1-2H3. The van der Waals surface area contributed by atoms with Crippen molar-refractivity contribution >= 4 is 80.9 Å². The number of carbonyl (C=O) groups is 2. The minimum Gasteiger partial charge on any atom is -0.469 e. The van der Waals surface area contributed by atoms with Gasteiger partial charge in [0.25, 0.3) is 0 Å². The van der Waals surface area contributed by atoms with Crippen LogP contribution in [0.3, 0.4) is 0 Å². The fourth-order valence-corrected chi connectivity index (χ4v) is 5.01. The number of rotatable bonds is 6. The van der Waals surface area contributed by atoms with Gasteiger partial charge in [-0.1, -0.05) is 0 Å². The number of aromatic nitrogens is 4. The van der Waals surface area contributed by atoms with Crippen molar-refractivity contribution in [2.24, 2.45) is 0 Å². The van der Waals surface area contributed by atoms with Crippen LogP contribution in [0, 0.1) is 3.57 Å². The van der Waals surface area contributed by atoms with Gasteiger partial charge in [-0.2, -0.15) is 0 Å². The SMILES string of the molecule is COC(=O)CCc1c2nc(c(I)c3nc(c(CCC(=O)OC)c4ccc(cc5ccc1[nH]5)[nH]4)C=C3)C=C2. The number of nitrogens with zero attached hydrogens (tertiary/aromatic N) is 2. The molecule has 9 heteroatoms. The molecule has 2 N–H and O–H groups in total. The summed E-state index contributed by atoms with van der Waals surface area (Å²) in [6, 6.07) is 10.0. The van der Waals surface area contributed by atoms with Crippen LogP contribution in [0.15, 0.2) is 30.3 Å². The van der Waals surface area contributed by atoms with Crippen LogP contribution in [-0.4, -0.2) is 46.1 Å². The number of fused-ring (bicyclic) bond motifs is 8. The largest absolute Gasteiger partial charge is 0.469 e. The van der Waals surface area contributed by atoms with Crippen molar-refractivity contribution in [1.82, 2.24) is 19.9 Å². The fourth-order valence-electron chi connectivity index (χ4n) is 4.41. The number of methoxy groups -OCH3 is 2. The first-order valence-corrected chi connectivity index (χ1v) is 12.9. The Labute approximate surface area is 227 Å². The highest BCUT2D eigenvalue weighted by Gasteiger charge is 2.16. The molecule has 8 bridgehead atoms. The maximum Gasteiger partial charge on any atom is 0.305 e. The smallest absolute Gasteiger partial charge is 0.305 e. The van der Waals surface area contributed by atoms with Gasteiger partial charge in [-0.3, -0.25) is 9.59 Å². The van der Waals surface area contributed by atoms with Crippen molar-refractivity contribution in [3.63, 3.8) is 0 Å². The van der Waals surface area contributed by atoms with Gasteiger partial charge >= 0.3 is 11.9 Å². The molecule has 37 heavy (non-hydrogen) atoms. The van der Waals surface area contributed by atoms with E-state index >= 15 is 0 Å². The minimum atomic E-state index is -0.266. The zero-order valence-electron chi connectivity index (χ0n) is 20.4. The lowest BCUT2D eigenvalue weighted by atomic mass is 10.1.